The fourth-order valence-corrected chi connectivity index (χ4v) is 1.64. The zero-order valence-corrected chi connectivity index (χ0v) is 10.4. The Balaban J connectivity index is 2.38. The summed E-state index contributed by atoms with van der Waals surface area (Å²) in [6.07, 6.45) is 2.98. The van der Waals surface area contributed by atoms with Gasteiger partial charge in [-0.1, -0.05) is 0 Å². The van der Waals surface area contributed by atoms with Crippen LogP contribution in [0, 0.1) is 5.82 Å². The van der Waals surface area contributed by atoms with Gasteiger partial charge in [0.1, 0.15) is 11.6 Å². The SMILES string of the molecule is Cn1ccnc(Oc2ccc(F)cc2Br)c1=O. The molecular weight excluding hydrogens is 291 g/mol. The van der Waals surface area contributed by atoms with Gasteiger partial charge in [-0.3, -0.25) is 4.79 Å². The van der Waals surface area contributed by atoms with E-state index < -0.39 is 5.82 Å². The van der Waals surface area contributed by atoms with Crippen LogP contribution in [0.4, 0.5) is 4.39 Å². The average molecular weight is 299 g/mol. The Hall–Kier alpha value is -1.69. The molecule has 0 saturated heterocycles. The van der Waals surface area contributed by atoms with Crippen LogP contribution in [0.1, 0.15) is 0 Å². The number of nitrogens with zero attached hydrogens (tertiary/aromatic N) is 2. The minimum Gasteiger partial charge on any atom is -0.433 e. The van der Waals surface area contributed by atoms with Crippen molar-refractivity contribution in [2.24, 2.45) is 7.05 Å². The second kappa shape index (κ2) is 4.67. The van der Waals surface area contributed by atoms with Crippen LogP contribution >= 0.6 is 15.9 Å². The fraction of sp³-hybridized carbons (Fsp3) is 0.0909. The zero-order valence-electron chi connectivity index (χ0n) is 8.85. The van der Waals surface area contributed by atoms with Gasteiger partial charge in [0.25, 0.3) is 5.88 Å². The molecule has 1 aromatic heterocycles. The van der Waals surface area contributed by atoms with Gasteiger partial charge in [-0.05, 0) is 34.1 Å². The Kier molecular flexibility index (Phi) is 3.23. The molecule has 1 heterocycles. The Morgan fingerprint density at radius 2 is 2.24 bits per heavy atom. The van der Waals surface area contributed by atoms with Gasteiger partial charge in [-0.2, -0.15) is 0 Å². The topological polar surface area (TPSA) is 44.1 Å². The van der Waals surface area contributed by atoms with Crippen molar-refractivity contribution in [3.63, 3.8) is 0 Å². The lowest BCUT2D eigenvalue weighted by Crippen LogP contribution is -2.18. The lowest BCUT2D eigenvalue weighted by atomic mass is 10.3. The molecule has 2 rings (SSSR count). The van der Waals surface area contributed by atoms with E-state index in [1.165, 1.54) is 35.2 Å². The van der Waals surface area contributed by atoms with Crippen LogP contribution in [0.5, 0.6) is 11.6 Å². The summed E-state index contributed by atoms with van der Waals surface area (Å²) in [4.78, 5) is 15.5. The van der Waals surface area contributed by atoms with Crippen molar-refractivity contribution >= 4 is 15.9 Å². The van der Waals surface area contributed by atoms with Crippen molar-refractivity contribution in [2.75, 3.05) is 0 Å². The number of aryl methyl sites for hydroxylation is 1. The van der Waals surface area contributed by atoms with Gasteiger partial charge in [0.05, 0.1) is 4.47 Å². The maximum Gasteiger partial charge on any atom is 0.313 e. The Labute approximate surface area is 105 Å². The Morgan fingerprint density at radius 1 is 1.47 bits per heavy atom. The molecule has 0 aliphatic heterocycles. The van der Waals surface area contributed by atoms with Crippen molar-refractivity contribution in [1.82, 2.24) is 9.55 Å². The van der Waals surface area contributed by atoms with E-state index in [-0.39, 0.29) is 11.4 Å². The molecule has 0 bridgehead atoms. The molecule has 0 saturated carbocycles. The van der Waals surface area contributed by atoms with Crippen LogP contribution in [0.25, 0.3) is 0 Å². The van der Waals surface area contributed by atoms with Crippen LogP contribution in [0.15, 0.2) is 39.9 Å². The summed E-state index contributed by atoms with van der Waals surface area (Å²) in [6.45, 7) is 0. The first-order chi connectivity index (χ1) is 8.08. The molecule has 0 N–H and O–H groups in total. The maximum absolute atomic E-state index is 12.9. The molecule has 4 nitrogen and oxygen atoms in total. The van der Waals surface area contributed by atoms with E-state index in [9.17, 15) is 9.18 Å². The largest absolute Gasteiger partial charge is 0.433 e. The van der Waals surface area contributed by atoms with E-state index >= 15 is 0 Å². The van der Waals surface area contributed by atoms with Gasteiger partial charge in [-0.15, -0.1) is 0 Å². The predicted molar refractivity (Wildman–Crippen MR) is 63.7 cm³/mol. The molecule has 1 aromatic carbocycles. The highest BCUT2D eigenvalue weighted by molar-refractivity contribution is 9.10. The van der Waals surface area contributed by atoms with Crippen molar-refractivity contribution in [3.8, 4) is 11.6 Å². The number of benzene rings is 1. The first-order valence-electron chi connectivity index (χ1n) is 4.72. The van der Waals surface area contributed by atoms with Gasteiger partial charge < -0.3 is 9.30 Å². The van der Waals surface area contributed by atoms with Crippen LogP contribution in [0.3, 0.4) is 0 Å². The molecule has 17 heavy (non-hydrogen) atoms. The summed E-state index contributed by atoms with van der Waals surface area (Å²) in [5.41, 5.74) is -0.358. The van der Waals surface area contributed by atoms with Gasteiger partial charge in [-0.25, -0.2) is 9.37 Å². The molecule has 0 aliphatic carbocycles. The van der Waals surface area contributed by atoms with E-state index in [4.69, 9.17) is 4.74 Å². The van der Waals surface area contributed by atoms with Gasteiger partial charge in [0.15, 0.2) is 0 Å². The van der Waals surface area contributed by atoms with Crippen molar-refractivity contribution in [2.45, 2.75) is 0 Å². The summed E-state index contributed by atoms with van der Waals surface area (Å²) in [5.74, 6) is -0.109. The highest BCUT2D eigenvalue weighted by Gasteiger charge is 2.08. The molecule has 0 atom stereocenters. The quantitative estimate of drug-likeness (QED) is 0.855. The van der Waals surface area contributed by atoms with Crippen LogP contribution in [-0.2, 0) is 7.05 Å². The van der Waals surface area contributed by atoms with E-state index in [0.29, 0.717) is 10.2 Å². The first kappa shape index (κ1) is 11.8. The van der Waals surface area contributed by atoms with Gasteiger partial charge in [0, 0.05) is 19.4 Å². The number of aromatic nitrogens is 2. The third-order valence-electron chi connectivity index (χ3n) is 2.09. The van der Waals surface area contributed by atoms with Crippen molar-refractivity contribution in [1.29, 1.82) is 0 Å². The Bertz CT molecular complexity index is 613. The number of rotatable bonds is 2. The third-order valence-corrected chi connectivity index (χ3v) is 2.71. The maximum atomic E-state index is 12.9. The average Bonchev–Trinajstić information content (AvgIpc) is 2.28. The number of hydrogen-bond donors (Lipinski definition) is 0. The van der Waals surface area contributed by atoms with Crippen LogP contribution < -0.4 is 10.3 Å². The molecule has 2 aromatic rings. The minimum absolute atomic E-state index is 0.0534. The summed E-state index contributed by atoms with van der Waals surface area (Å²) in [5, 5.41) is 0. The smallest absolute Gasteiger partial charge is 0.313 e. The molecule has 0 unspecified atom stereocenters. The number of halogens is 2. The molecule has 0 aliphatic rings. The van der Waals surface area contributed by atoms with Crippen LogP contribution in [0.2, 0.25) is 0 Å². The molecule has 6 heteroatoms. The predicted octanol–water partition coefficient (Wildman–Crippen LogP) is 2.47. The summed E-state index contributed by atoms with van der Waals surface area (Å²) >= 11 is 3.15. The summed E-state index contributed by atoms with van der Waals surface area (Å²) in [7, 11) is 1.59. The van der Waals surface area contributed by atoms with Crippen molar-refractivity contribution in [3.05, 3.63) is 51.2 Å². The molecule has 0 radical (unpaired) electrons. The normalized spacial score (nSPS) is 10.3. The Morgan fingerprint density at radius 3 is 2.94 bits per heavy atom. The van der Waals surface area contributed by atoms with E-state index in [1.54, 1.807) is 7.05 Å². The van der Waals surface area contributed by atoms with E-state index in [1.807, 2.05) is 0 Å². The molecular formula is C11H8BrFN2O2. The van der Waals surface area contributed by atoms with Gasteiger partial charge >= 0.3 is 5.56 Å². The highest BCUT2D eigenvalue weighted by atomic mass is 79.9. The molecule has 88 valence electrons. The van der Waals surface area contributed by atoms with Crippen LogP contribution in [-0.4, -0.2) is 9.55 Å². The monoisotopic (exact) mass is 298 g/mol. The lowest BCUT2D eigenvalue weighted by Gasteiger charge is -2.06. The number of hydrogen-bond acceptors (Lipinski definition) is 3. The second-order valence-corrected chi connectivity index (χ2v) is 4.18. The fourth-order valence-electron chi connectivity index (χ4n) is 1.21. The summed E-state index contributed by atoms with van der Waals surface area (Å²) < 4.78 is 19.9. The van der Waals surface area contributed by atoms with E-state index in [2.05, 4.69) is 20.9 Å². The molecule has 0 amide bonds. The van der Waals surface area contributed by atoms with E-state index in [0.717, 1.165) is 0 Å². The number of ether oxygens (including phenoxy) is 1. The third kappa shape index (κ3) is 2.52. The first-order valence-corrected chi connectivity index (χ1v) is 5.52. The summed E-state index contributed by atoms with van der Waals surface area (Å²) in [6, 6.07) is 3.92. The molecule has 0 spiro atoms. The van der Waals surface area contributed by atoms with Gasteiger partial charge in [0.2, 0.25) is 0 Å². The lowest BCUT2D eigenvalue weighted by molar-refractivity contribution is 0.444. The standard InChI is InChI=1S/C11H8BrFN2O2/c1-15-5-4-14-10(11(15)16)17-9-3-2-7(13)6-8(9)12/h2-6H,1H3. The van der Waals surface area contributed by atoms with Crippen molar-refractivity contribution < 1.29 is 9.13 Å². The highest BCUT2D eigenvalue weighted by Crippen LogP contribution is 2.27. The molecule has 0 fully saturated rings. The minimum atomic E-state index is -0.391. The second-order valence-electron chi connectivity index (χ2n) is 3.33. The zero-order chi connectivity index (χ0) is 12.4.